The van der Waals surface area contributed by atoms with Gasteiger partial charge in [0.05, 0.1) is 31.1 Å². The normalized spacial score (nSPS) is 16.6. The highest BCUT2D eigenvalue weighted by Gasteiger charge is 2.56. The molecule has 1 saturated heterocycles. The van der Waals surface area contributed by atoms with Crippen LogP contribution >= 0.6 is 0 Å². The average Bonchev–Trinajstić information content (AvgIpc) is 3.60. The molecular formula is C33H35F4N5O4. The van der Waals surface area contributed by atoms with Gasteiger partial charge in [0.15, 0.2) is 5.60 Å². The van der Waals surface area contributed by atoms with E-state index in [-0.39, 0.29) is 17.2 Å². The molecule has 2 heterocycles. The summed E-state index contributed by atoms with van der Waals surface area (Å²) in [7, 11) is 1.34. The summed E-state index contributed by atoms with van der Waals surface area (Å²) in [5, 5.41) is 24.3. The largest absolute Gasteiger partial charge is 0.496 e. The van der Waals surface area contributed by atoms with Crippen molar-refractivity contribution in [1.29, 1.82) is 0 Å². The van der Waals surface area contributed by atoms with E-state index in [1.807, 2.05) is 0 Å². The van der Waals surface area contributed by atoms with Gasteiger partial charge in [0, 0.05) is 28.7 Å². The summed E-state index contributed by atoms with van der Waals surface area (Å²) >= 11 is 0. The Kier molecular flexibility index (Phi) is 8.73. The molecule has 5 rings (SSSR count). The summed E-state index contributed by atoms with van der Waals surface area (Å²) < 4.78 is 64.5. The first-order valence-electron chi connectivity index (χ1n) is 14.7. The van der Waals surface area contributed by atoms with Crippen LogP contribution in [0.2, 0.25) is 0 Å². The van der Waals surface area contributed by atoms with Crippen LogP contribution < -0.4 is 20.7 Å². The van der Waals surface area contributed by atoms with Gasteiger partial charge in [-0.05, 0) is 79.3 Å². The fourth-order valence-corrected chi connectivity index (χ4v) is 5.91. The molecule has 3 aromatic carbocycles. The predicted octanol–water partition coefficient (Wildman–Crippen LogP) is 5.17. The van der Waals surface area contributed by atoms with Gasteiger partial charge < -0.3 is 25.8 Å². The number of carbonyl (C=O) groups excluding carboxylic acids is 2. The monoisotopic (exact) mass is 641 g/mol. The molecule has 0 bridgehead atoms. The summed E-state index contributed by atoms with van der Waals surface area (Å²) in [6.45, 7) is 4.35. The minimum absolute atomic E-state index is 0.194. The lowest BCUT2D eigenvalue weighted by Gasteiger charge is -2.38. The van der Waals surface area contributed by atoms with Gasteiger partial charge in [0.2, 0.25) is 5.91 Å². The standard InChI is InChI=1S/C33H35F4N5O4/c1-19-12-26(39-18-32(45,33(35,36)37)17-31(2,3)24-15-21(34)8-9-28(24)46-4)23-16-40-42(27(23)13-19)22-7-5-6-20(14-22)29(43)41-25-10-11-38-30(25)44/h5-9,12-16,25,39,45H,10-11,17-18H2,1-4H3,(H,38,44)(H,41,43)/t25-,32?/m0/s1. The lowest BCUT2D eigenvalue weighted by atomic mass is 9.74. The maximum Gasteiger partial charge on any atom is 0.418 e. The predicted molar refractivity (Wildman–Crippen MR) is 165 cm³/mol. The fraction of sp³-hybridized carbons (Fsp3) is 0.364. The number of halogens is 4. The van der Waals surface area contributed by atoms with Crippen LogP contribution in [0.3, 0.4) is 0 Å². The molecule has 4 aromatic rings. The molecule has 1 aliphatic rings. The number of fused-ring (bicyclic) bond motifs is 1. The van der Waals surface area contributed by atoms with Crippen LogP contribution in [0, 0.1) is 12.7 Å². The zero-order valence-corrected chi connectivity index (χ0v) is 25.8. The van der Waals surface area contributed by atoms with Crippen molar-refractivity contribution in [2.24, 2.45) is 0 Å². The second-order valence-electron chi connectivity index (χ2n) is 12.2. The second-order valence-corrected chi connectivity index (χ2v) is 12.2. The lowest BCUT2D eigenvalue weighted by molar-refractivity contribution is -0.260. The Labute approximate surface area is 262 Å². The number of hydrogen-bond donors (Lipinski definition) is 4. The number of aliphatic hydroxyl groups is 1. The number of alkyl halides is 3. The van der Waals surface area contributed by atoms with Crippen molar-refractivity contribution >= 4 is 28.4 Å². The zero-order chi connectivity index (χ0) is 33.4. The molecule has 0 radical (unpaired) electrons. The molecule has 13 heteroatoms. The number of nitrogens with one attached hydrogen (secondary N) is 3. The highest BCUT2D eigenvalue weighted by Crippen LogP contribution is 2.44. The Bertz CT molecular complexity index is 1790. The van der Waals surface area contributed by atoms with Gasteiger partial charge in [-0.3, -0.25) is 9.59 Å². The first kappa shape index (κ1) is 32.7. The quantitative estimate of drug-likeness (QED) is 0.178. The second kappa shape index (κ2) is 12.3. The van der Waals surface area contributed by atoms with E-state index in [0.29, 0.717) is 46.4 Å². The molecule has 2 amide bonds. The van der Waals surface area contributed by atoms with E-state index in [2.05, 4.69) is 21.0 Å². The smallest absolute Gasteiger partial charge is 0.418 e. The number of anilines is 1. The molecule has 9 nitrogen and oxygen atoms in total. The Morgan fingerprint density at radius 1 is 1.15 bits per heavy atom. The van der Waals surface area contributed by atoms with Crippen molar-refractivity contribution in [3.05, 3.63) is 83.3 Å². The highest BCUT2D eigenvalue weighted by atomic mass is 19.4. The molecule has 1 unspecified atom stereocenters. The number of aromatic nitrogens is 2. The summed E-state index contributed by atoms with van der Waals surface area (Å²) in [6.07, 6.45) is -3.85. The Morgan fingerprint density at radius 2 is 1.91 bits per heavy atom. The van der Waals surface area contributed by atoms with E-state index in [9.17, 15) is 32.3 Å². The van der Waals surface area contributed by atoms with Gasteiger partial charge >= 0.3 is 6.18 Å². The van der Waals surface area contributed by atoms with Crippen molar-refractivity contribution in [3.63, 3.8) is 0 Å². The fourth-order valence-electron chi connectivity index (χ4n) is 5.91. The van der Waals surface area contributed by atoms with Gasteiger partial charge in [-0.2, -0.15) is 18.3 Å². The van der Waals surface area contributed by atoms with Crippen molar-refractivity contribution in [2.45, 2.75) is 56.8 Å². The van der Waals surface area contributed by atoms with Gasteiger partial charge in [-0.25, -0.2) is 9.07 Å². The van der Waals surface area contributed by atoms with Crippen LogP contribution in [0.25, 0.3) is 16.6 Å². The molecule has 1 aromatic heterocycles. The minimum atomic E-state index is -5.04. The number of ether oxygens (including phenoxy) is 1. The molecule has 0 saturated carbocycles. The van der Waals surface area contributed by atoms with E-state index in [1.165, 1.54) is 33.2 Å². The third-order valence-electron chi connectivity index (χ3n) is 8.26. The molecule has 2 atom stereocenters. The molecule has 244 valence electrons. The molecule has 4 N–H and O–H groups in total. The van der Waals surface area contributed by atoms with E-state index < -0.39 is 47.9 Å². The summed E-state index contributed by atoms with van der Waals surface area (Å²) in [6, 6.07) is 13.1. The van der Waals surface area contributed by atoms with Gasteiger partial charge in [0.25, 0.3) is 5.91 Å². The molecule has 1 aliphatic heterocycles. The molecular weight excluding hydrogens is 606 g/mol. The van der Waals surface area contributed by atoms with Crippen molar-refractivity contribution in [1.82, 2.24) is 20.4 Å². The van der Waals surface area contributed by atoms with Crippen LogP contribution in [0.5, 0.6) is 5.75 Å². The number of aryl methyl sites for hydroxylation is 1. The van der Waals surface area contributed by atoms with Gasteiger partial charge in [-0.1, -0.05) is 19.9 Å². The number of carbonyl (C=O) groups is 2. The lowest BCUT2D eigenvalue weighted by Crippen LogP contribution is -2.53. The molecule has 46 heavy (non-hydrogen) atoms. The molecule has 0 spiro atoms. The number of amides is 2. The summed E-state index contributed by atoms with van der Waals surface area (Å²) in [5.74, 6) is -1.09. The summed E-state index contributed by atoms with van der Waals surface area (Å²) in [4.78, 5) is 24.8. The third-order valence-corrected chi connectivity index (χ3v) is 8.26. The third kappa shape index (κ3) is 6.50. The molecule has 1 fully saturated rings. The minimum Gasteiger partial charge on any atom is -0.496 e. The SMILES string of the molecule is COc1ccc(F)cc1C(C)(C)CC(O)(CNc1cc(C)cc2c1cnn2-c1cccc(C(=O)N[C@H]2CCNC2=O)c1)C(F)(F)F. The Hall–Kier alpha value is -4.65. The Balaban J connectivity index is 1.43. The van der Waals surface area contributed by atoms with Gasteiger partial charge in [-0.15, -0.1) is 0 Å². The van der Waals surface area contributed by atoms with E-state index in [0.717, 1.165) is 12.1 Å². The first-order valence-corrected chi connectivity index (χ1v) is 14.7. The van der Waals surface area contributed by atoms with E-state index in [1.54, 1.807) is 48.0 Å². The van der Waals surface area contributed by atoms with E-state index in [4.69, 9.17) is 4.74 Å². The van der Waals surface area contributed by atoms with Gasteiger partial charge in [0.1, 0.15) is 17.6 Å². The van der Waals surface area contributed by atoms with Crippen LogP contribution in [0.15, 0.2) is 60.8 Å². The van der Waals surface area contributed by atoms with Crippen LogP contribution in [-0.2, 0) is 10.2 Å². The number of nitrogens with zero attached hydrogens (tertiary/aromatic N) is 2. The number of hydrogen-bond acceptors (Lipinski definition) is 6. The highest BCUT2D eigenvalue weighted by molar-refractivity contribution is 5.99. The number of methoxy groups -OCH3 is 1. The van der Waals surface area contributed by atoms with E-state index >= 15 is 0 Å². The zero-order valence-electron chi connectivity index (χ0n) is 25.8. The number of rotatable bonds is 10. The van der Waals surface area contributed by atoms with Crippen molar-refractivity contribution < 1.29 is 37.0 Å². The maximum absolute atomic E-state index is 14.5. The molecule has 0 aliphatic carbocycles. The maximum atomic E-state index is 14.5. The summed E-state index contributed by atoms with van der Waals surface area (Å²) in [5.41, 5.74) is -1.96. The average molecular weight is 642 g/mol. The van der Waals surface area contributed by atoms with Crippen LogP contribution in [0.1, 0.15) is 48.2 Å². The Morgan fingerprint density at radius 3 is 2.59 bits per heavy atom. The van der Waals surface area contributed by atoms with Crippen LogP contribution in [-0.4, -0.2) is 64.7 Å². The van der Waals surface area contributed by atoms with Crippen LogP contribution in [0.4, 0.5) is 23.2 Å². The first-order chi connectivity index (χ1) is 21.6. The number of benzene rings is 3. The van der Waals surface area contributed by atoms with Crippen molar-refractivity contribution in [3.8, 4) is 11.4 Å². The topological polar surface area (TPSA) is 118 Å². The van der Waals surface area contributed by atoms with Crippen molar-refractivity contribution in [2.75, 3.05) is 25.5 Å².